The van der Waals surface area contributed by atoms with Gasteiger partial charge in [-0.25, -0.2) is 4.98 Å². The van der Waals surface area contributed by atoms with E-state index < -0.39 is 0 Å². The SMILES string of the molecule is CC(C)Sc1nc2c(=O)c3c(sc2n1Cc1ccccc1)CCCC3. The number of imidazole rings is 1. The van der Waals surface area contributed by atoms with Crippen LogP contribution in [0.1, 0.15) is 42.7 Å². The van der Waals surface area contributed by atoms with Crippen molar-refractivity contribution in [1.82, 2.24) is 9.55 Å². The van der Waals surface area contributed by atoms with Crippen molar-refractivity contribution in [3.05, 3.63) is 56.6 Å². The number of thioether (sulfide) groups is 1. The third kappa shape index (κ3) is 3.27. The summed E-state index contributed by atoms with van der Waals surface area (Å²) in [6, 6.07) is 10.4. The van der Waals surface area contributed by atoms with Gasteiger partial charge in [0.1, 0.15) is 10.3 Å². The molecule has 2 aromatic heterocycles. The average Bonchev–Trinajstić information content (AvgIpc) is 2.93. The molecule has 5 heteroatoms. The van der Waals surface area contributed by atoms with E-state index in [1.807, 2.05) is 6.07 Å². The molecule has 3 nitrogen and oxygen atoms in total. The van der Waals surface area contributed by atoms with Crippen molar-refractivity contribution in [1.29, 1.82) is 0 Å². The summed E-state index contributed by atoms with van der Waals surface area (Å²) in [6.45, 7) is 5.11. The normalized spacial score (nSPS) is 14.2. The van der Waals surface area contributed by atoms with E-state index in [0.29, 0.717) is 10.8 Å². The summed E-state index contributed by atoms with van der Waals surface area (Å²) < 4.78 is 2.25. The summed E-state index contributed by atoms with van der Waals surface area (Å²) in [5.41, 5.74) is 3.10. The van der Waals surface area contributed by atoms with Gasteiger partial charge in [0.2, 0.25) is 5.43 Å². The Kier molecular flexibility index (Phi) is 4.69. The maximum Gasteiger partial charge on any atom is 0.211 e. The van der Waals surface area contributed by atoms with Crippen molar-refractivity contribution in [3.8, 4) is 0 Å². The number of hydrogen-bond donors (Lipinski definition) is 0. The maximum atomic E-state index is 13.0. The van der Waals surface area contributed by atoms with Gasteiger partial charge in [-0.2, -0.15) is 0 Å². The number of fused-ring (bicyclic) bond motifs is 2. The van der Waals surface area contributed by atoms with E-state index in [0.717, 1.165) is 41.4 Å². The summed E-state index contributed by atoms with van der Waals surface area (Å²) in [4.78, 5) is 20.1. The van der Waals surface area contributed by atoms with Gasteiger partial charge in [0.15, 0.2) is 5.16 Å². The van der Waals surface area contributed by atoms with Crippen molar-refractivity contribution in [2.24, 2.45) is 0 Å². The molecule has 1 aromatic carbocycles. The highest BCUT2D eigenvalue weighted by molar-refractivity contribution is 7.99. The second-order valence-corrected chi connectivity index (χ2v) is 9.45. The lowest BCUT2D eigenvalue weighted by Crippen LogP contribution is -2.15. The summed E-state index contributed by atoms with van der Waals surface area (Å²) in [7, 11) is 0. The van der Waals surface area contributed by atoms with Crippen molar-refractivity contribution in [2.75, 3.05) is 0 Å². The second-order valence-electron chi connectivity index (χ2n) is 6.83. The molecule has 0 fully saturated rings. The molecule has 0 saturated heterocycles. The Morgan fingerprint density at radius 2 is 1.96 bits per heavy atom. The Bertz CT molecular complexity index is 957. The van der Waals surface area contributed by atoms with Crippen LogP contribution < -0.4 is 5.43 Å². The van der Waals surface area contributed by atoms with E-state index in [1.165, 1.54) is 16.9 Å². The zero-order valence-electron chi connectivity index (χ0n) is 14.6. The van der Waals surface area contributed by atoms with Gasteiger partial charge < -0.3 is 4.57 Å². The summed E-state index contributed by atoms with van der Waals surface area (Å²) in [6.07, 6.45) is 4.26. The minimum atomic E-state index is 0.167. The quantitative estimate of drug-likeness (QED) is 0.614. The highest BCUT2D eigenvalue weighted by Crippen LogP contribution is 2.33. The molecule has 25 heavy (non-hydrogen) atoms. The average molecular weight is 371 g/mol. The minimum Gasteiger partial charge on any atom is -0.306 e. The first-order chi connectivity index (χ1) is 12.1. The molecule has 4 rings (SSSR count). The van der Waals surface area contributed by atoms with Crippen LogP contribution in [-0.2, 0) is 19.4 Å². The number of hydrogen-bond acceptors (Lipinski definition) is 4. The Balaban J connectivity index is 1.91. The number of benzene rings is 1. The molecule has 1 aliphatic rings. The number of rotatable bonds is 4. The molecule has 0 radical (unpaired) electrons. The van der Waals surface area contributed by atoms with E-state index in [1.54, 1.807) is 23.1 Å². The lowest BCUT2D eigenvalue weighted by Gasteiger charge is -2.14. The predicted molar refractivity (Wildman–Crippen MR) is 107 cm³/mol. The van der Waals surface area contributed by atoms with Crippen molar-refractivity contribution < 1.29 is 0 Å². The van der Waals surface area contributed by atoms with Gasteiger partial charge in [0, 0.05) is 15.7 Å². The van der Waals surface area contributed by atoms with Gasteiger partial charge in [-0.15, -0.1) is 11.3 Å². The monoisotopic (exact) mass is 370 g/mol. The van der Waals surface area contributed by atoms with Gasteiger partial charge in [-0.1, -0.05) is 55.9 Å². The van der Waals surface area contributed by atoms with Gasteiger partial charge in [0.25, 0.3) is 0 Å². The van der Waals surface area contributed by atoms with Crippen molar-refractivity contribution in [2.45, 2.75) is 56.5 Å². The topological polar surface area (TPSA) is 34.9 Å². The smallest absolute Gasteiger partial charge is 0.211 e. The van der Waals surface area contributed by atoms with Crippen molar-refractivity contribution in [3.63, 3.8) is 0 Å². The molecule has 0 aliphatic heterocycles. The molecular weight excluding hydrogens is 348 g/mol. The van der Waals surface area contributed by atoms with Gasteiger partial charge in [-0.3, -0.25) is 4.79 Å². The first kappa shape index (κ1) is 16.9. The number of aromatic nitrogens is 2. The predicted octanol–water partition coefficient (Wildman–Crippen LogP) is 4.89. The van der Waals surface area contributed by atoms with E-state index in [-0.39, 0.29) is 5.43 Å². The van der Waals surface area contributed by atoms with Crippen LogP contribution in [0, 0.1) is 0 Å². The molecule has 0 atom stereocenters. The molecule has 0 spiro atoms. The third-order valence-corrected chi connectivity index (χ3v) is 6.83. The third-order valence-electron chi connectivity index (χ3n) is 4.54. The Morgan fingerprint density at radius 3 is 2.72 bits per heavy atom. The zero-order valence-corrected chi connectivity index (χ0v) is 16.3. The first-order valence-electron chi connectivity index (χ1n) is 8.89. The zero-order chi connectivity index (χ0) is 17.4. The maximum absolute atomic E-state index is 13.0. The summed E-state index contributed by atoms with van der Waals surface area (Å²) in [5.74, 6) is 0. The van der Waals surface area contributed by atoms with Gasteiger partial charge >= 0.3 is 0 Å². The molecule has 0 N–H and O–H groups in total. The Labute approximate surface area is 156 Å². The van der Waals surface area contributed by atoms with Crippen LogP contribution in [0.4, 0.5) is 0 Å². The van der Waals surface area contributed by atoms with Crippen LogP contribution in [0.5, 0.6) is 0 Å². The lowest BCUT2D eigenvalue weighted by molar-refractivity contribution is 0.692. The molecule has 3 aromatic rings. The molecule has 0 bridgehead atoms. The van der Waals surface area contributed by atoms with Crippen LogP contribution in [0.3, 0.4) is 0 Å². The number of aryl methyl sites for hydroxylation is 1. The highest BCUT2D eigenvalue weighted by atomic mass is 32.2. The summed E-state index contributed by atoms with van der Waals surface area (Å²) in [5, 5.41) is 1.39. The van der Waals surface area contributed by atoms with Crippen LogP contribution in [0.15, 0.2) is 40.3 Å². The fourth-order valence-corrected chi connectivity index (χ4v) is 5.57. The fraction of sp³-hybridized carbons (Fsp3) is 0.400. The largest absolute Gasteiger partial charge is 0.306 e. The van der Waals surface area contributed by atoms with Crippen LogP contribution in [0.2, 0.25) is 0 Å². The second kappa shape index (κ2) is 6.96. The fourth-order valence-electron chi connectivity index (χ4n) is 3.37. The first-order valence-corrected chi connectivity index (χ1v) is 10.6. The number of nitrogens with zero attached hydrogens (tertiary/aromatic N) is 2. The van der Waals surface area contributed by atoms with Crippen LogP contribution in [0.25, 0.3) is 10.3 Å². The molecule has 0 saturated carbocycles. The molecule has 1 aliphatic carbocycles. The van der Waals surface area contributed by atoms with E-state index in [4.69, 9.17) is 4.98 Å². The van der Waals surface area contributed by atoms with Gasteiger partial charge in [-0.05, 0) is 31.2 Å². The molecular formula is C20H22N2OS2. The van der Waals surface area contributed by atoms with Crippen LogP contribution in [-0.4, -0.2) is 14.8 Å². The van der Waals surface area contributed by atoms with E-state index >= 15 is 0 Å². The van der Waals surface area contributed by atoms with Crippen molar-refractivity contribution >= 4 is 33.4 Å². The molecule has 2 heterocycles. The molecule has 0 amide bonds. The van der Waals surface area contributed by atoms with Gasteiger partial charge in [0.05, 0.1) is 6.54 Å². The highest BCUT2D eigenvalue weighted by Gasteiger charge is 2.22. The van der Waals surface area contributed by atoms with E-state index in [2.05, 4.69) is 42.7 Å². The Morgan fingerprint density at radius 1 is 1.20 bits per heavy atom. The Hall–Kier alpha value is -1.59. The molecule has 0 unspecified atom stereocenters. The summed E-state index contributed by atoms with van der Waals surface area (Å²) >= 11 is 3.53. The van der Waals surface area contributed by atoms with Crippen LogP contribution >= 0.6 is 23.1 Å². The minimum absolute atomic E-state index is 0.167. The standard InChI is InChI=1S/C20H22N2OS2/c1-13(2)24-20-21-17-18(23)15-10-6-7-11-16(15)25-19(17)22(20)12-14-8-4-3-5-9-14/h3-5,8-9,13H,6-7,10-12H2,1-2H3. The lowest BCUT2D eigenvalue weighted by atomic mass is 9.98. The van der Waals surface area contributed by atoms with E-state index in [9.17, 15) is 4.79 Å². The molecule has 130 valence electrons.